The van der Waals surface area contributed by atoms with Gasteiger partial charge in [-0.1, -0.05) is 13.8 Å². The molecule has 4 N–H and O–H groups in total. The number of hydrogen-bond acceptors (Lipinski definition) is 4. The Morgan fingerprint density at radius 2 is 2.20 bits per heavy atom. The largest absolute Gasteiger partial charge is 0.397 e. The molecule has 0 spiro atoms. The normalized spacial score (nSPS) is 14.1. The van der Waals surface area contributed by atoms with E-state index in [1.807, 2.05) is 12.1 Å². The Hall–Kier alpha value is -1.75. The topological polar surface area (TPSA) is 76.4 Å². The lowest BCUT2D eigenvalue weighted by Crippen LogP contribution is -2.25. The van der Waals surface area contributed by atoms with Crippen molar-refractivity contribution in [3.05, 3.63) is 17.7 Å². The van der Waals surface area contributed by atoms with Gasteiger partial charge in [0.15, 0.2) is 0 Å². The van der Waals surface area contributed by atoms with Gasteiger partial charge in [-0.05, 0) is 29.5 Å². The van der Waals surface area contributed by atoms with Gasteiger partial charge in [-0.15, -0.1) is 0 Å². The van der Waals surface area contributed by atoms with Crippen LogP contribution in [0.4, 0.5) is 17.1 Å². The third-order valence-corrected chi connectivity index (χ3v) is 3.64. The zero-order valence-electron chi connectivity index (χ0n) is 12.4. The van der Waals surface area contributed by atoms with Crippen molar-refractivity contribution < 1.29 is 9.53 Å². The third-order valence-electron chi connectivity index (χ3n) is 3.64. The maximum absolute atomic E-state index is 11.4. The number of carbonyl (C=O) groups excluding carboxylic acids is 1. The van der Waals surface area contributed by atoms with Crippen molar-refractivity contribution in [2.45, 2.75) is 26.7 Å². The summed E-state index contributed by atoms with van der Waals surface area (Å²) in [5.41, 5.74) is 9.54. The first-order chi connectivity index (χ1) is 9.41. The number of nitrogen functional groups attached to an aromatic ring is 1. The molecule has 0 bridgehead atoms. The van der Waals surface area contributed by atoms with Gasteiger partial charge >= 0.3 is 0 Å². The van der Waals surface area contributed by atoms with Gasteiger partial charge in [0.05, 0.1) is 17.8 Å². The highest BCUT2D eigenvalue weighted by Crippen LogP contribution is 2.32. The van der Waals surface area contributed by atoms with Crippen LogP contribution in [-0.4, -0.2) is 26.2 Å². The number of carbonyl (C=O) groups is 1. The van der Waals surface area contributed by atoms with Crippen LogP contribution in [0.5, 0.6) is 0 Å². The van der Waals surface area contributed by atoms with E-state index in [1.54, 1.807) is 7.11 Å². The van der Waals surface area contributed by atoms with Crippen molar-refractivity contribution in [1.29, 1.82) is 0 Å². The second kappa shape index (κ2) is 5.71. The summed E-state index contributed by atoms with van der Waals surface area (Å²) in [5.74, 6) is 0.0250. The number of amides is 1. The van der Waals surface area contributed by atoms with E-state index in [2.05, 4.69) is 24.5 Å². The molecule has 0 aromatic heterocycles. The number of anilines is 3. The lowest BCUT2D eigenvalue weighted by molar-refractivity contribution is -0.115. The quantitative estimate of drug-likeness (QED) is 0.697. The van der Waals surface area contributed by atoms with Gasteiger partial charge in [0.1, 0.15) is 0 Å². The zero-order chi connectivity index (χ0) is 14.8. The van der Waals surface area contributed by atoms with E-state index in [1.165, 1.54) is 0 Å². The number of methoxy groups -OCH3 is 1. The van der Waals surface area contributed by atoms with Crippen molar-refractivity contribution in [3.63, 3.8) is 0 Å². The Morgan fingerprint density at radius 1 is 1.45 bits per heavy atom. The van der Waals surface area contributed by atoms with Gasteiger partial charge < -0.3 is 21.1 Å². The van der Waals surface area contributed by atoms with E-state index in [0.29, 0.717) is 12.1 Å². The molecule has 0 saturated heterocycles. The number of ether oxygens (including phenoxy) is 1. The van der Waals surface area contributed by atoms with Crippen molar-refractivity contribution >= 4 is 23.0 Å². The first-order valence-electron chi connectivity index (χ1n) is 6.86. The van der Waals surface area contributed by atoms with E-state index >= 15 is 0 Å². The van der Waals surface area contributed by atoms with Crippen molar-refractivity contribution in [3.8, 4) is 0 Å². The Balaban J connectivity index is 2.04. The minimum atomic E-state index is 0.0250. The molecule has 1 heterocycles. The third kappa shape index (κ3) is 3.42. The number of fused-ring (bicyclic) bond motifs is 1. The Bertz CT molecular complexity index is 512. The second-order valence-corrected chi connectivity index (χ2v) is 6.08. The van der Waals surface area contributed by atoms with Gasteiger partial charge in [0.2, 0.25) is 5.91 Å². The lowest BCUT2D eigenvalue weighted by atomic mass is 9.89. The highest BCUT2D eigenvalue weighted by atomic mass is 16.5. The molecule has 1 aliphatic heterocycles. The van der Waals surface area contributed by atoms with Gasteiger partial charge in [-0.25, -0.2) is 0 Å². The highest BCUT2D eigenvalue weighted by molar-refractivity contribution is 6.00. The van der Waals surface area contributed by atoms with Crippen LogP contribution in [0.3, 0.4) is 0 Å². The Kier molecular flexibility index (Phi) is 4.18. The molecule has 20 heavy (non-hydrogen) atoms. The molecule has 110 valence electrons. The summed E-state index contributed by atoms with van der Waals surface area (Å²) in [6.07, 6.45) is 1.39. The molecular weight excluding hydrogens is 254 g/mol. The van der Waals surface area contributed by atoms with Gasteiger partial charge in [-0.3, -0.25) is 4.79 Å². The van der Waals surface area contributed by atoms with Crippen LogP contribution in [0.25, 0.3) is 0 Å². The van der Waals surface area contributed by atoms with E-state index in [9.17, 15) is 4.79 Å². The van der Waals surface area contributed by atoms with Gasteiger partial charge in [-0.2, -0.15) is 0 Å². The summed E-state index contributed by atoms with van der Waals surface area (Å²) in [4.78, 5) is 11.4. The standard InChI is InChI=1S/C15H23N3O2/c1-15(2,4-5-20-3)9-17-13-8-12-10(6-11(13)16)7-14(19)18-12/h6,8,17H,4-5,7,9,16H2,1-3H3,(H,18,19). The average molecular weight is 277 g/mol. The van der Waals surface area contributed by atoms with E-state index < -0.39 is 0 Å². The number of benzene rings is 1. The maximum atomic E-state index is 11.4. The molecule has 1 aromatic carbocycles. The molecule has 1 amide bonds. The molecule has 0 atom stereocenters. The maximum Gasteiger partial charge on any atom is 0.228 e. The monoisotopic (exact) mass is 277 g/mol. The van der Waals surface area contributed by atoms with E-state index in [0.717, 1.165) is 36.5 Å². The molecule has 0 fully saturated rings. The first kappa shape index (κ1) is 14.7. The summed E-state index contributed by atoms with van der Waals surface area (Å²) in [7, 11) is 1.71. The van der Waals surface area contributed by atoms with E-state index in [4.69, 9.17) is 10.5 Å². The molecule has 1 aliphatic rings. The molecule has 0 radical (unpaired) electrons. The molecule has 5 nitrogen and oxygen atoms in total. The predicted molar refractivity (Wildman–Crippen MR) is 82.0 cm³/mol. The molecule has 0 saturated carbocycles. The van der Waals surface area contributed by atoms with Gasteiger partial charge in [0, 0.05) is 25.9 Å². The summed E-state index contributed by atoms with van der Waals surface area (Å²) < 4.78 is 5.13. The van der Waals surface area contributed by atoms with Crippen LogP contribution in [0.15, 0.2) is 12.1 Å². The predicted octanol–water partition coefficient (Wildman–Crippen LogP) is 2.24. The minimum absolute atomic E-state index is 0.0250. The molecule has 0 aliphatic carbocycles. The van der Waals surface area contributed by atoms with Crippen LogP contribution < -0.4 is 16.4 Å². The minimum Gasteiger partial charge on any atom is -0.397 e. The second-order valence-electron chi connectivity index (χ2n) is 6.08. The summed E-state index contributed by atoms with van der Waals surface area (Å²) in [6.45, 7) is 5.91. The van der Waals surface area contributed by atoms with Gasteiger partial charge in [0.25, 0.3) is 0 Å². The van der Waals surface area contributed by atoms with Crippen LogP contribution in [-0.2, 0) is 16.0 Å². The molecule has 5 heteroatoms. The van der Waals surface area contributed by atoms with Crippen LogP contribution >= 0.6 is 0 Å². The van der Waals surface area contributed by atoms with Crippen molar-refractivity contribution in [2.24, 2.45) is 5.41 Å². The summed E-state index contributed by atoms with van der Waals surface area (Å²) in [6, 6.07) is 3.79. The average Bonchev–Trinajstić information content (AvgIpc) is 2.73. The SMILES string of the molecule is COCCC(C)(C)CNc1cc2c(cc1N)CC(=O)N2. The lowest BCUT2D eigenvalue weighted by Gasteiger charge is -2.25. The Labute approximate surface area is 119 Å². The number of nitrogens with two attached hydrogens (primary N) is 1. The zero-order valence-corrected chi connectivity index (χ0v) is 12.4. The van der Waals surface area contributed by atoms with Crippen LogP contribution in [0.1, 0.15) is 25.8 Å². The fourth-order valence-corrected chi connectivity index (χ4v) is 2.25. The Morgan fingerprint density at radius 3 is 2.90 bits per heavy atom. The van der Waals surface area contributed by atoms with Crippen LogP contribution in [0.2, 0.25) is 0 Å². The van der Waals surface area contributed by atoms with Crippen LogP contribution in [0, 0.1) is 5.41 Å². The fraction of sp³-hybridized carbons (Fsp3) is 0.533. The summed E-state index contributed by atoms with van der Waals surface area (Å²) in [5, 5.41) is 6.22. The number of rotatable bonds is 6. The highest BCUT2D eigenvalue weighted by Gasteiger charge is 2.21. The van der Waals surface area contributed by atoms with Crippen molar-refractivity contribution in [2.75, 3.05) is 36.6 Å². The summed E-state index contributed by atoms with van der Waals surface area (Å²) >= 11 is 0. The molecule has 2 rings (SSSR count). The fourth-order valence-electron chi connectivity index (χ4n) is 2.25. The smallest absolute Gasteiger partial charge is 0.228 e. The number of nitrogens with one attached hydrogen (secondary N) is 2. The molecule has 1 aromatic rings. The molecular formula is C15H23N3O2. The first-order valence-corrected chi connectivity index (χ1v) is 6.86. The number of hydrogen-bond donors (Lipinski definition) is 3. The molecule has 0 unspecified atom stereocenters. The van der Waals surface area contributed by atoms with E-state index in [-0.39, 0.29) is 11.3 Å². The van der Waals surface area contributed by atoms with Crippen molar-refractivity contribution in [1.82, 2.24) is 0 Å².